The van der Waals surface area contributed by atoms with E-state index in [1.54, 1.807) is 19.1 Å². The quantitative estimate of drug-likeness (QED) is 0.613. The van der Waals surface area contributed by atoms with Gasteiger partial charge >= 0.3 is 5.97 Å². The first kappa shape index (κ1) is 13.4. The topological polar surface area (TPSA) is 55.8 Å². The zero-order chi connectivity index (χ0) is 14.0. The van der Waals surface area contributed by atoms with Gasteiger partial charge in [-0.3, -0.25) is 4.79 Å². The summed E-state index contributed by atoms with van der Waals surface area (Å²) in [5.74, 6) is 0.125. The third-order valence-electron chi connectivity index (χ3n) is 3.04. The van der Waals surface area contributed by atoms with E-state index in [2.05, 4.69) is 0 Å². The van der Waals surface area contributed by atoms with Crippen LogP contribution >= 0.6 is 0 Å². The third-order valence-corrected chi connectivity index (χ3v) is 3.04. The van der Waals surface area contributed by atoms with Gasteiger partial charge in [0.2, 0.25) is 6.10 Å². The van der Waals surface area contributed by atoms with Crippen molar-refractivity contribution in [2.75, 3.05) is 25.1 Å². The highest BCUT2D eigenvalue weighted by molar-refractivity contribution is 5.95. The monoisotopic (exact) mass is 263 g/mol. The summed E-state index contributed by atoms with van der Waals surface area (Å²) in [6.45, 7) is 4.01. The summed E-state index contributed by atoms with van der Waals surface area (Å²) in [7, 11) is 1.88. The lowest BCUT2D eigenvalue weighted by molar-refractivity contribution is -0.151. The molecule has 1 aromatic carbocycles. The minimum atomic E-state index is -0.653. The number of esters is 1. The van der Waals surface area contributed by atoms with Crippen LogP contribution in [-0.2, 0) is 9.53 Å². The summed E-state index contributed by atoms with van der Waals surface area (Å²) in [6.07, 6.45) is -0.653. The fourth-order valence-electron chi connectivity index (χ4n) is 2.04. The molecular formula is C14H17NO4. The van der Waals surface area contributed by atoms with Crippen molar-refractivity contribution >= 4 is 17.4 Å². The highest BCUT2D eigenvalue weighted by atomic mass is 16.6. The number of carbonyl (C=O) groups excluding carboxylic acids is 2. The van der Waals surface area contributed by atoms with Gasteiger partial charge in [0, 0.05) is 12.6 Å². The Kier molecular flexibility index (Phi) is 3.74. The van der Waals surface area contributed by atoms with E-state index in [1.165, 1.54) is 6.92 Å². The van der Waals surface area contributed by atoms with Crippen LogP contribution in [0, 0.1) is 0 Å². The molecule has 5 heteroatoms. The van der Waals surface area contributed by atoms with Crippen molar-refractivity contribution < 1.29 is 19.1 Å². The van der Waals surface area contributed by atoms with Gasteiger partial charge in [-0.15, -0.1) is 0 Å². The summed E-state index contributed by atoms with van der Waals surface area (Å²) in [5.41, 5.74) is 1.43. The standard InChI is InChI=1S/C14H17NO4/c1-4-18-14(17)13-8-15(3)11-6-5-10(9(2)16)7-12(11)19-13/h5-7,13H,4,8H2,1-3H3. The lowest BCUT2D eigenvalue weighted by Gasteiger charge is -2.32. The van der Waals surface area contributed by atoms with Crippen LogP contribution in [0.4, 0.5) is 5.69 Å². The molecule has 1 aromatic rings. The number of anilines is 1. The Morgan fingerprint density at radius 2 is 2.21 bits per heavy atom. The number of likely N-dealkylation sites (N-methyl/N-ethyl adjacent to an activating group) is 1. The number of fused-ring (bicyclic) bond motifs is 1. The van der Waals surface area contributed by atoms with Crippen LogP contribution in [0.5, 0.6) is 5.75 Å². The van der Waals surface area contributed by atoms with Gasteiger partial charge in [-0.05, 0) is 32.0 Å². The molecule has 2 rings (SSSR count). The van der Waals surface area contributed by atoms with Crippen molar-refractivity contribution in [3.63, 3.8) is 0 Å². The average molecular weight is 263 g/mol. The molecule has 1 aliphatic heterocycles. The smallest absolute Gasteiger partial charge is 0.349 e. The molecule has 0 aliphatic carbocycles. The van der Waals surface area contributed by atoms with Crippen LogP contribution in [0.1, 0.15) is 24.2 Å². The number of hydrogen-bond acceptors (Lipinski definition) is 5. The minimum absolute atomic E-state index is 0.0349. The van der Waals surface area contributed by atoms with Crippen molar-refractivity contribution in [2.24, 2.45) is 0 Å². The normalized spacial score (nSPS) is 17.4. The molecule has 0 N–H and O–H groups in total. The highest BCUT2D eigenvalue weighted by Gasteiger charge is 2.30. The zero-order valence-corrected chi connectivity index (χ0v) is 11.3. The van der Waals surface area contributed by atoms with Gasteiger partial charge in [0.25, 0.3) is 0 Å². The molecule has 19 heavy (non-hydrogen) atoms. The molecule has 0 bridgehead atoms. The van der Waals surface area contributed by atoms with Gasteiger partial charge in [0.15, 0.2) is 5.78 Å². The maximum Gasteiger partial charge on any atom is 0.349 e. The van der Waals surface area contributed by atoms with E-state index in [9.17, 15) is 9.59 Å². The maximum absolute atomic E-state index is 11.7. The van der Waals surface area contributed by atoms with E-state index < -0.39 is 6.10 Å². The van der Waals surface area contributed by atoms with Gasteiger partial charge in [0.05, 0.1) is 18.8 Å². The molecule has 1 heterocycles. The molecular weight excluding hydrogens is 246 g/mol. The number of rotatable bonds is 3. The Balaban J connectivity index is 2.28. The average Bonchev–Trinajstić information content (AvgIpc) is 2.38. The molecule has 0 saturated carbocycles. The van der Waals surface area contributed by atoms with Crippen molar-refractivity contribution in [3.05, 3.63) is 23.8 Å². The number of nitrogens with zero attached hydrogens (tertiary/aromatic N) is 1. The van der Waals surface area contributed by atoms with Crippen LogP contribution in [-0.4, -0.2) is 38.1 Å². The van der Waals surface area contributed by atoms with Gasteiger partial charge in [-0.2, -0.15) is 0 Å². The van der Waals surface area contributed by atoms with E-state index in [4.69, 9.17) is 9.47 Å². The van der Waals surface area contributed by atoms with Gasteiger partial charge in [0.1, 0.15) is 5.75 Å². The summed E-state index contributed by atoms with van der Waals surface area (Å²) in [4.78, 5) is 25.0. The number of ketones is 1. The Hall–Kier alpha value is -2.04. The largest absolute Gasteiger partial charge is 0.475 e. The second-order valence-electron chi connectivity index (χ2n) is 4.48. The van der Waals surface area contributed by atoms with Crippen LogP contribution in [0.3, 0.4) is 0 Å². The van der Waals surface area contributed by atoms with Crippen molar-refractivity contribution in [2.45, 2.75) is 20.0 Å². The SMILES string of the molecule is CCOC(=O)C1CN(C)c2ccc(C(C)=O)cc2O1. The maximum atomic E-state index is 11.7. The molecule has 0 amide bonds. The summed E-state index contributed by atoms with van der Waals surface area (Å²) in [5, 5.41) is 0. The predicted molar refractivity (Wildman–Crippen MR) is 70.8 cm³/mol. The van der Waals surface area contributed by atoms with E-state index >= 15 is 0 Å². The third kappa shape index (κ3) is 2.70. The summed E-state index contributed by atoms with van der Waals surface area (Å²) in [6, 6.07) is 5.25. The van der Waals surface area contributed by atoms with E-state index in [-0.39, 0.29) is 11.8 Å². The lowest BCUT2D eigenvalue weighted by atomic mass is 10.1. The van der Waals surface area contributed by atoms with Crippen molar-refractivity contribution in [1.29, 1.82) is 0 Å². The van der Waals surface area contributed by atoms with Gasteiger partial charge in [-0.1, -0.05) is 0 Å². The minimum Gasteiger partial charge on any atom is -0.475 e. The summed E-state index contributed by atoms with van der Waals surface area (Å²) >= 11 is 0. The number of benzene rings is 1. The molecule has 0 saturated heterocycles. The first-order valence-electron chi connectivity index (χ1n) is 6.22. The Morgan fingerprint density at radius 3 is 2.84 bits per heavy atom. The zero-order valence-electron chi connectivity index (χ0n) is 11.3. The molecule has 0 radical (unpaired) electrons. The van der Waals surface area contributed by atoms with Crippen LogP contribution in [0.15, 0.2) is 18.2 Å². The van der Waals surface area contributed by atoms with Gasteiger partial charge in [-0.25, -0.2) is 4.79 Å². The van der Waals surface area contributed by atoms with E-state index in [0.29, 0.717) is 24.5 Å². The van der Waals surface area contributed by atoms with Crippen molar-refractivity contribution in [1.82, 2.24) is 0 Å². The van der Waals surface area contributed by atoms with E-state index in [0.717, 1.165) is 5.69 Å². The molecule has 0 aromatic heterocycles. The molecule has 5 nitrogen and oxygen atoms in total. The highest BCUT2D eigenvalue weighted by Crippen LogP contribution is 2.33. The Morgan fingerprint density at radius 1 is 1.47 bits per heavy atom. The number of carbonyl (C=O) groups is 2. The molecule has 1 aliphatic rings. The lowest BCUT2D eigenvalue weighted by Crippen LogP contribution is -2.43. The first-order chi connectivity index (χ1) is 9.02. The fraction of sp³-hybridized carbons (Fsp3) is 0.429. The second-order valence-corrected chi connectivity index (χ2v) is 4.48. The second kappa shape index (κ2) is 5.30. The molecule has 0 spiro atoms. The molecule has 102 valence electrons. The number of ether oxygens (including phenoxy) is 2. The number of hydrogen-bond donors (Lipinski definition) is 0. The van der Waals surface area contributed by atoms with Crippen LogP contribution in [0.2, 0.25) is 0 Å². The summed E-state index contributed by atoms with van der Waals surface area (Å²) < 4.78 is 10.6. The van der Waals surface area contributed by atoms with E-state index in [1.807, 2.05) is 18.0 Å². The van der Waals surface area contributed by atoms with Crippen LogP contribution < -0.4 is 9.64 Å². The fourth-order valence-corrected chi connectivity index (χ4v) is 2.04. The van der Waals surface area contributed by atoms with Crippen molar-refractivity contribution in [3.8, 4) is 5.75 Å². The van der Waals surface area contributed by atoms with Gasteiger partial charge < -0.3 is 14.4 Å². The molecule has 1 unspecified atom stereocenters. The molecule has 1 atom stereocenters. The predicted octanol–water partition coefficient (Wildman–Crippen LogP) is 1.65. The Labute approximate surface area is 112 Å². The Bertz CT molecular complexity index is 512. The number of Topliss-reactive ketones (excluding diaryl/α,β-unsaturated/α-hetero) is 1. The van der Waals surface area contributed by atoms with Crippen LogP contribution in [0.25, 0.3) is 0 Å². The molecule has 0 fully saturated rings. The first-order valence-corrected chi connectivity index (χ1v) is 6.22.